The van der Waals surface area contributed by atoms with Crippen molar-refractivity contribution in [1.29, 1.82) is 0 Å². The van der Waals surface area contributed by atoms with E-state index in [0.29, 0.717) is 0 Å². The second-order valence-electron chi connectivity index (χ2n) is 6.29. The van der Waals surface area contributed by atoms with Gasteiger partial charge in [0.25, 0.3) is 5.91 Å². The Kier molecular flexibility index (Phi) is 5.57. The molecule has 0 aliphatic heterocycles. The van der Waals surface area contributed by atoms with E-state index in [4.69, 9.17) is 10.5 Å². The first-order valence-corrected chi connectivity index (χ1v) is 7.01. The Morgan fingerprint density at radius 2 is 1.90 bits per heavy atom. The number of nitrogens with two attached hydrogens (primary N) is 1. The Labute approximate surface area is 121 Å². The summed E-state index contributed by atoms with van der Waals surface area (Å²) < 4.78 is 5.79. The van der Waals surface area contributed by atoms with Gasteiger partial charge in [-0.15, -0.1) is 0 Å². The molecule has 1 rings (SSSR count). The Bertz CT molecular complexity index is 450. The van der Waals surface area contributed by atoms with Gasteiger partial charge in [0.05, 0.1) is 0 Å². The van der Waals surface area contributed by atoms with Gasteiger partial charge in [0, 0.05) is 11.6 Å². The predicted octanol–water partition coefficient (Wildman–Crippen LogP) is 2.26. The highest BCUT2D eigenvalue weighted by Gasteiger charge is 2.21. The summed E-state index contributed by atoms with van der Waals surface area (Å²) in [5.74, 6) is 0.606. The first-order chi connectivity index (χ1) is 9.19. The monoisotopic (exact) mass is 278 g/mol. The molecule has 1 aromatic carbocycles. The molecular weight excluding hydrogens is 252 g/mol. The van der Waals surface area contributed by atoms with Crippen LogP contribution in [0.2, 0.25) is 0 Å². The molecule has 0 aliphatic rings. The zero-order chi connectivity index (χ0) is 15.3. The average Bonchev–Trinajstić information content (AvgIpc) is 2.28. The molecular formula is C16H26N2O2. The van der Waals surface area contributed by atoms with Crippen molar-refractivity contribution >= 4 is 5.91 Å². The molecule has 20 heavy (non-hydrogen) atoms. The van der Waals surface area contributed by atoms with Crippen LogP contribution in [0.4, 0.5) is 0 Å². The van der Waals surface area contributed by atoms with Crippen LogP contribution in [0.5, 0.6) is 5.75 Å². The minimum absolute atomic E-state index is 0.0541. The topological polar surface area (TPSA) is 64.3 Å². The molecule has 0 aromatic heterocycles. The van der Waals surface area contributed by atoms with Gasteiger partial charge in [0.15, 0.2) is 6.10 Å². The second kappa shape index (κ2) is 6.75. The van der Waals surface area contributed by atoms with Gasteiger partial charge in [0.2, 0.25) is 0 Å². The van der Waals surface area contributed by atoms with Crippen molar-refractivity contribution in [3.8, 4) is 5.75 Å². The highest BCUT2D eigenvalue weighted by molar-refractivity contribution is 5.81. The Morgan fingerprint density at radius 1 is 1.30 bits per heavy atom. The number of rotatable bonds is 5. The molecule has 4 heteroatoms. The van der Waals surface area contributed by atoms with Gasteiger partial charge in [-0.2, -0.15) is 0 Å². The molecule has 2 atom stereocenters. The Hall–Kier alpha value is -1.55. The van der Waals surface area contributed by atoms with Crippen molar-refractivity contribution in [2.45, 2.75) is 58.7 Å². The van der Waals surface area contributed by atoms with Crippen LogP contribution in [0.1, 0.15) is 40.2 Å². The molecule has 0 saturated carbocycles. The Balaban J connectivity index is 2.75. The fourth-order valence-electron chi connectivity index (χ4n) is 1.85. The molecule has 0 bridgehead atoms. The van der Waals surface area contributed by atoms with Crippen LogP contribution in [0, 0.1) is 0 Å². The van der Waals surface area contributed by atoms with E-state index in [-0.39, 0.29) is 17.5 Å². The van der Waals surface area contributed by atoms with E-state index in [0.717, 1.165) is 17.7 Å². The lowest BCUT2D eigenvalue weighted by Crippen LogP contribution is -2.46. The number of hydrogen-bond acceptors (Lipinski definition) is 3. The van der Waals surface area contributed by atoms with Crippen LogP contribution in [-0.4, -0.2) is 23.6 Å². The van der Waals surface area contributed by atoms with Crippen LogP contribution in [0.15, 0.2) is 24.3 Å². The van der Waals surface area contributed by atoms with Gasteiger partial charge in [-0.3, -0.25) is 4.79 Å². The van der Waals surface area contributed by atoms with Crippen LogP contribution in [0.25, 0.3) is 0 Å². The first-order valence-electron chi connectivity index (χ1n) is 7.01. The molecule has 1 aromatic rings. The summed E-state index contributed by atoms with van der Waals surface area (Å²) in [6.45, 7) is 9.54. The lowest BCUT2D eigenvalue weighted by Gasteiger charge is -2.24. The number of nitrogens with one attached hydrogen (secondary N) is 1. The van der Waals surface area contributed by atoms with Crippen molar-refractivity contribution in [1.82, 2.24) is 5.32 Å². The lowest BCUT2D eigenvalue weighted by molar-refractivity contribution is -0.128. The molecule has 3 N–H and O–H groups in total. The third-order valence-electron chi connectivity index (χ3n) is 2.69. The number of amides is 1. The molecule has 1 amide bonds. The van der Waals surface area contributed by atoms with Gasteiger partial charge in [0.1, 0.15) is 5.75 Å². The minimum atomic E-state index is -0.538. The number of carbonyl (C=O) groups is 1. The van der Waals surface area contributed by atoms with Gasteiger partial charge in [-0.1, -0.05) is 18.2 Å². The largest absolute Gasteiger partial charge is 0.481 e. The second-order valence-corrected chi connectivity index (χ2v) is 6.29. The van der Waals surface area contributed by atoms with Crippen LogP contribution < -0.4 is 15.8 Å². The SMILES string of the molecule is CC(N)Cc1ccccc1OC(C)C(=O)NC(C)(C)C. The molecule has 2 unspecified atom stereocenters. The summed E-state index contributed by atoms with van der Waals surface area (Å²) >= 11 is 0. The highest BCUT2D eigenvalue weighted by Crippen LogP contribution is 2.20. The maximum Gasteiger partial charge on any atom is 0.261 e. The molecule has 0 fully saturated rings. The number of para-hydroxylation sites is 1. The summed E-state index contributed by atoms with van der Waals surface area (Å²) in [6, 6.07) is 7.75. The van der Waals surface area contributed by atoms with E-state index >= 15 is 0 Å². The molecule has 0 heterocycles. The highest BCUT2D eigenvalue weighted by atomic mass is 16.5. The lowest BCUT2D eigenvalue weighted by atomic mass is 10.1. The predicted molar refractivity (Wildman–Crippen MR) is 81.8 cm³/mol. The molecule has 0 radical (unpaired) electrons. The zero-order valence-corrected chi connectivity index (χ0v) is 13.1. The normalized spacial score (nSPS) is 14.5. The van der Waals surface area contributed by atoms with E-state index < -0.39 is 6.10 Å². The zero-order valence-electron chi connectivity index (χ0n) is 13.1. The Morgan fingerprint density at radius 3 is 2.45 bits per heavy atom. The quantitative estimate of drug-likeness (QED) is 0.868. The van der Waals surface area contributed by atoms with E-state index in [2.05, 4.69) is 5.32 Å². The van der Waals surface area contributed by atoms with Gasteiger partial charge in [-0.25, -0.2) is 0 Å². The van der Waals surface area contributed by atoms with Crippen molar-refractivity contribution in [3.05, 3.63) is 29.8 Å². The third-order valence-corrected chi connectivity index (χ3v) is 2.69. The summed E-state index contributed by atoms with van der Waals surface area (Å²) in [5.41, 5.74) is 6.59. The maximum atomic E-state index is 12.0. The molecule has 0 aliphatic carbocycles. The molecule has 0 saturated heterocycles. The summed E-state index contributed by atoms with van der Waals surface area (Å²) in [7, 11) is 0. The number of carbonyl (C=O) groups excluding carboxylic acids is 1. The number of benzene rings is 1. The van der Waals surface area contributed by atoms with Gasteiger partial charge in [-0.05, 0) is 52.7 Å². The fourth-order valence-corrected chi connectivity index (χ4v) is 1.85. The molecule has 0 spiro atoms. The number of ether oxygens (including phenoxy) is 1. The standard InChI is InChI=1S/C16H26N2O2/c1-11(17)10-13-8-6-7-9-14(13)20-12(2)15(19)18-16(3,4)5/h6-9,11-12H,10,17H2,1-5H3,(H,18,19). The van der Waals surface area contributed by atoms with Gasteiger partial charge >= 0.3 is 0 Å². The van der Waals surface area contributed by atoms with Crippen LogP contribution >= 0.6 is 0 Å². The third kappa shape index (κ3) is 5.61. The maximum absolute atomic E-state index is 12.0. The van der Waals surface area contributed by atoms with Crippen molar-refractivity contribution in [2.75, 3.05) is 0 Å². The van der Waals surface area contributed by atoms with Crippen LogP contribution in [-0.2, 0) is 11.2 Å². The van der Waals surface area contributed by atoms with Crippen molar-refractivity contribution < 1.29 is 9.53 Å². The summed E-state index contributed by atoms with van der Waals surface area (Å²) in [5, 5.41) is 2.91. The molecule has 4 nitrogen and oxygen atoms in total. The fraction of sp³-hybridized carbons (Fsp3) is 0.562. The van der Waals surface area contributed by atoms with Crippen molar-refractivity contribution in [3.63, 3.8) is 0 Å². The molecule has 112 valence electrons. The minimum Gasteiger partial charge on any atom is -0.481 e. The first kappa shape index (κ1) is 16.5. The van der Waals surface area contributed by atoms with Gasteiger partial charge < -0.3 is 15.8 Å². The average molecular weight is 278 g/mol. The van der Waals surface area contributed by atoms with E-state index in [1.165, 1.54) is 0 Å². The number of hydrogen-bond donors (Lipinski definition) is 2. The van der Waals surface area contributed by atoms with E-state index in [1.807, 2.05) is 52.0 Å². The van der Waals surface area contributed by atoms with E-state index in [9.17, 15) is 4.79 Å². The summed E-state index contributed by atoms with van der Waals surface area (Å²) in [6.07, 6.45) is 0.188. The van der Waals surface area contributed by atoms with E-state index in [1.54, 1.807) is 6.92 Å². The van der Waals surface area contributed by atoms with Crippen LogP contribution in [0.3, 0.4) is 0 Å². The smallest absolute Gasteiger partial charge is 0.261 e. The summed E-state index contributed by atoms with van der Waals surface area (Å²) in [4.78, 5) is 12.0. The van der Waals surface area contributed by atoms with Crippen molar-refractivity contribution in [2.24, 2.45) is 5.73 Å².